The highest BCUT2D eigenvalue weighted by molar-refractivity contribution is 7.66. The lowest BCUT2D eigenvalue weighted by molar-refractivity contribution is -0.119. The average Bonchev–Trinajstić information content (AvgIpc) is 3.53. The number of nitrogens with two attached hydrogens (primary N) is 1. The van der Waals surface area contributed by atoms with E-state index in [1.54, 1.807) is 6.07 Å². The third-order valence-electron chi connectivity index (χ3n) is 4.78. The van der Waals surface area contributed by atoms with E-state index in [9.17, 15) is 19.3 Å². The summed E-state index contributed by atoms with van der Waals surface area (Å²) in [7, 11) is -2.57. The van der Waals surface area contributed by atoms with Gasteiger partial charge in [0.05, 0.1) is 17.2 Å². The van der Waals surface area contributed by atoms with Gasteiger partial charge in [-0.05, 0) is 37.0 Å². The van der Waals surface area contributed by atoms with Gasteiger partial charge in [0.2, 0.25) is 0 Å². The highest BCUT2D eigenvalue weighted by atomic mass is 31.2. The minimum atomic E-state index is -3.80. The molecule has 1 unspecified atom stereocenters. The molecule has 1 fully saturated rings. The molecular weight excluding hydrogens is 413 g/mol. The van der Waals surface area contributed by atoms with E-state index >= 15 is 0 Å². The summed E-state index contributed by atoms with van der Waals surface area (Å²) < 4.78 is 29.2. The Morgan fingerprint density at radius 1 is 1.43 bits per heavy atom. The smallest absolute Gasteiger partial charge is 0.348 e. The molecule has 1 aromatic heterocycles. The van der Waals surface area contributed by atoms with Crippen LogP contribution in [0.3, 0.4) is 0 Å². The van der Waals surface area contributed by atoms with Crippen molar-refractivity contribution in [2.75, 3.05) is 19.0 Å². The molecular formula is C18H20N5O6P. The van der Waals surface area contributed by atoms with Crippen LogP contribution in [-0.4, -0.2) is 40.3 Å². The first-order valence-corrected chi connectivity index (χ1v) is 10.8. The van der Waals surface area contributed by atoms with Crippen molar-refractivity contribution in [1.82, 2.24) is 9.78 Å². The summed E-state index contributed by atoms with van der Waals surface area (Å²) in [4.78, 5) is 23.8. The van der Waals surface area contributed by atoms with Crippen molar-refractivity contribution < 1.29 is 23.7 Å². The minimum Gasteiger partial charge on any atom is -0.505 e. The molecule has 11 nitrogen and oxygen atoms in total. The molecule has 12 heteroatoms. The number of carbonyl (C=O) groups excluding carboxylic acids is 1. The van der Waals surface area contributed by atoms with Crippen LogP contribution in [0.15, 0.2) is 34.0 Å². The Bertz CT molecular complexity index is 1160. The second kappa shape index (κ2) is 7.58. The number of aromatic hydroxyl groups is 1. The van der Waals surface area contributed by atoms with Gasteiger partial charge in [-0.25, -0.2) is 4.68 Å². The van der Waals surface area contributed by atoms with Crippen LogP contribution in [0.5, 0.6) is 11.5 Å². The zero-order valence-corrected chi connectivity index (χ0v) is 17.0. The SMILES string of the molecule is COP1(=O)N=C(c2c(O)cnn(CC3CC3)c2=O)Nc2ccc(OCC(N)=O)cc21. The zero-order chi connectivity index (χ0) is 21.5. The predicted molar refractivity (Wildman–Crippen MR) is 108 cm³/mol. The highest BCUT2D eigenvalue weighted by Crippen LogP contribution is 2.51. The van der Waals surface area contributed by atoms with Crippen molar-refractivity contribution in [2.24, 2.45) is 16.4 Å². The number of carbonyl (C=O) groups is 1. The van der Waals surface area contributed by atoms with Gasteiger partial charge in [-0.1, -0.05) is 0 Å². The van der Waals surface area contributed by atoms with Crippen LogP contribution in [0, 0.1) is 5.92 Å². The maximum atomic E-state index is 13.4. The molecule has 0 bridgehead atoms. The van der Waals surface area contributed by atoms with Gasteiger partial charge in [0.25, 0.3) is 11.5 Å². The Balaban J connectivity index is 1.75. The third kappa shape index (κ3) is 3.81. The topological polar surface area (TPSA) is 158 Å². The fourth-order valence-electron chi connectivity index (χ4n) is 3.06. The average molecular weight is 433 g/mol. The number of primary amides is 1. The first kappa shape index (κ1) is 20.1. The standard InChI is InChI=1S/C18H20N5O6P/c1-28-30(27)14-6-11(29-9-15(19)25)4-5-12(14)21-17(22-30)16-13(24)7-20-23(18(16)26)8-10-2-3-10/h4-7,10,24H,2-3,8-9H2,1H3,(H2,19,25)(H,21,22,27). The molecule has 1 atom stereocenters. The molecule has 4 N–H and O–H groups in total. The van der Waals surface area contributed by atoms with Crippen LogP contribution in [0.4, 0.5) is 5.69 Å². The van der Waals surface area contributed by atoms with Gasteiger partial charge in [-0.3, -0.25) is 14.2 Å². The number of hydrogen-bond donors (Lipinski definition) is 3. The van der Waals surface area contributed by atoms with E-state index in [4.69, 9.17) is 15.0 Å². The molecule has 1 saturated carbocycles. The van der Waals surface area contributed by atoms with Gasteiger partial charge in [0, 0.05) is 13.7 Å². The number of nitrogens with one attached hydrogen (secondary N) is 1. The van der Waals surface area contributed by atoms with E-state index in [2.05, 4.69) is 15.2 Å². The number of hydrogen-bond acceptors (Lipinski definition) is 8. The fraction of sp³-hybridized carbons (Fsp3) is 0.333. The molecule has 1 aliphatic heterocycles. The summed E-state index contributed by atoms with van der Waals surface area (Å²) in [5.74, 6) is -0.474. The summed E-state index contributed by atoms with van der Waals surface area (Å²) >= 11 is 0. The summed E-state index contributed by atoms with van der Waals surface area (Å²) in [5.41, 5.74) is 4.76. The fourth-order valence-corrected chi connectivity index (χ4v) is 4.59. The van der Waals surface area contributed by atoms with E-state index in [1.165, 1.54) is 23.9 Å². The van der Waals surface area contributed by atoms with Crippen molar-refractivity contribution in [3.05, 3.63) is 40.3 Å². The van der Waals surface area contributed by atoms with Crippen LogP contribution in [0.2, 0.25) is 0 Å². The Hall–Kier alpha value is -3.17. The van der Waals surface area contributed by atoms with E-state index in [0.29, 0.717) is 18.2 Å². The Morgan fingerprint density at radius 2 is 2.20 bits per heavy atom. The van der Waals surface area contributed by atoms with Gasteiger partial charge < -0.3 is 25.4 Å². The molecule has 0 radical (unpaired) electrons. The second-order valence-electron chi connectivity index (χ2n) is 7.05. The lowest BCUT2D eigenvalue weighted by Crippen LogP contribution is -2.34. The summed E-state index contributed by atoms with van der Waals surface area (Å²) in [5, 5.41) is 17.4. The molecule has 4 rings (SSSR count). The van der Waals surface area contributed by atoms with Gasteiger partial charge >= 0.3 is 7.52 Å². The minimum absolute atomic E-state index is 0.0760. The summed E-state index contributed by atoms with van der Waals surface area (Å²) in [6.45, 7) is 0.0991. The molecule has 158 valence electrons. The molecule has 2 aromatic rings. The van der Waals surface area contributed by atoms with Gasteiger partial charge in [-0.2, -0.15) is 9.86 Å². The second-order valence-corrected chi connectivity index (χ2v) is 9.13. The number of ether oxygens (including phenoxy) is 1. The van der Waals surface area contributed by atoms with Crippen molar-refractivity contribution in [1.29, 1.82) is 0 Å². The molecule has 2 aliphatic rings. The first-order valence-electron chi connectivity index (χ1n) is 9.19. The number of amidine groups is 1. The molecule has 30 heavy (non-hydrogen) atoms. The quantitative estimate of drug-likeness (QED) is 0.534. The van der Waals surface area contributed by atoms with Crippen LogP contribution in [0.25, 0.3) is 0 Å². The normalized spacial score (nSPS) is 20.1. The summed E-state index contributed by atoms with van der Waals surface area (Å²) in [6.07, 6.45) is 3.21. The third-order valence-corrected chi connectivity index (χ3v) is 6.71. The van der Waals surface area contributed by atoms with E-state index in [1.807, 2.05) is 0 Å². The first-order chi connectivity index (χ1) is 14.3. The van der Waals surface area contributed by atoms with Crippen LogP contribution < -0.4 is 26.7 Å². The van der Waals surface area contributed by atoms with Crippen LogP contribution in [-0.2, 0) is 20.4 Å². The van der Waals surface area contributed by atoms with Crippen molar-refractivity contribution in [3.8, 4) is 11.5 Å². The van der Waals surface area contributed by atoms with E-state index in [-0.39, 0.29) is 34.8 Å². The largest absolute Gasteiger partial charge is 0.505 e. The van der Waals surface area contributed by atoms with E-state index in [0.717, 1.165) is 19.0 Å². The Labute approximate surface area is 171 Å². The van der Waals surface area contributed by atoms with Gasteiger partial charge in [-0.15, -0.1) is 0 Å². The molecule has 0 saturated heterocycles. The Morgan fingerprint density at radius 3 is 2.87 bits per heavy atom. The van der Waals surface area contributed by atoms with Crippen molar-refractivity contribution in [3.63, 3.8) is 0 Å². The number of aromatic nitrogens is 2. The van der Waals surface area contributed by atoms with Gasteiger partial charge in [0.1, 0.15) is 11.3 Å². The number of rotatable bonds is 7. The molecule has 1 amide bonds. The Kier molecular flexibility index (Phi) is 5.08. The highest BCUT2D eigenvalue weighted by Gasteiger charge is 2.35. The maximum absolute atomic E-state index is 13.4. The van der Waals surface area contributed by atoms with Crippen LogP contribution >= 0.6 is 7.52 Å². The summed E-state index contributed by atoms with van der Waals surface area (Å²) in [6, 6.07) is 4.51. The molecule has 2 heterocycles. The van der Waals surface area contributed by atoms with Crippen molar-refractivity contribution >= 4 is 30.3 Å². The number of amides is 1. The lowest BCUT2D eigenvalue weighted by atomic mass is 10.2. The molecule has 1 aliphatic carbocycles. The van der Waals surface area contributed by atoms with E-state index < -0.39 is 19.0 Å². The number of fused-ring (bicyclic) bond motifs is 1. The monoisotopic (exact) mass is 433 g/mol. The number of anilines is 1. The maximum Gasteiger partial charge on any atom is 0.348 e. The van der Waals surface area contributed by atoms with Gasteiger partial charge in [0.15, 0.2) is 18.2 Å². The lowest BCUT2D eigenvalue weighted by Gasteiger charge is -2.24. The number of nitrogens with zero attached hydrogens (tertiary/aromatic N) is 3. The van der Waals surface area contributed by atoms with Crippen molar-refractivity contribution in [2.45, 2.75) is 19.4 Å². The number of benzene rings is 1. The van der Waals surface area contributed by atoms with Crippen LogP contribution in [0.1, 0.15) is 18.4 Å². The predicted octanol–water partition coefficient (Wildman–Crippen LogP) is 0.560. The molecule has 1 aromatic carbocycles. The zero-order valence-electron chi connectivity index (χ0n) is 16.1. The molecule has 0 spiro atoms.